The summed E-state index contributed by atoms with van der Waals surface area (Å²) >= 11 is 5.67. The fourth-order valence-corrected chi connectivity index (χ4v) is 2.22. The van der Waals surface area contributed by atoms with Crippen LogP contribution in [0.5, 0.6) is 0 Å². The average molecular weight is 271 g/mol. The van der Waals surface area contributed by atoms with E-state index in [0.29, 0.717) is 5.69 Å². The lowest BCUT2D eigenvalue weighted by molar-refractivity contribution is -0.130. The van der Waals surface area contributed by atoms with Crippen LogP contribution in [0.3, 0.4) is 0 Å². The van der Waals surface area contributed by atoms with Gasteiger partial charge in [-0.1, -0.05) is 11.6 Å². The van der Waals surface area contributed by atoms with Crippen LogP contribution in [0.1, 0.15) is 19.3 Å². The van der Waals surface area contributed by atoms with Gasteiger partial charge in [-0.2, -0.15) is 0 Å². The van der Waals surface area contributed by atoms with E-state index in [0.717, 1.165) is 25.9 Å². The van der Waals surface area contributed by atoms with Crippen molar-refractivity contribution in [2.24, 2.45) is 0 Å². The van der Waals surface area contributed by atoms with Gasteiger partial charge in [0.2, 0.25) is 5.91 Å². The first-order chi connectivity index (χ1) is 8.66. The number of halogens is 2. The predicted octanol–water partition coefficient (Wildman–Crippen LogP) is 2.90. The monoisotopic (exact) mass is 270 g/mol. The van der Waals surface area contributed by atoms with Crippen LogP contribution in [0, 0.1) is 5.82 Å². The molecule has 5 heteroatoms. The highest BCUT2D eigenvalue weighted by Crippen LogP contribution is 2.19. The number of hydrogen-bond acceptors (Lipinski definition) is 2. The molecule has 0 aromatic heterocycles. The van der Waals surface area contributed by atoms with Crippen molar-refractivity contribution in [3.05, 3.63) is 29.0 Å². The Balaban J connectivity index is 1.86. The van der Waals surface area contributed by atoms with Crippen LogP contribution in [0.4, 0.5) is 10.1 Å². The number of likely N-dealkylation sites (tertiary alicyclic amines) is 1. The molecule has 0 atom stereocenters. The molecule has 3 nitrogen and oxygen atoms in total. The zero-order valence-corrected chi connectivity index (χ0v) is 10.8. The van der Waals surface area contributed by atoms with Crippen molar-refractivity contribution in [1.82, 2.24) is 4.90 Å². The molecular formula is C13H16ClFN2O. The van der Waals surface area contributed by atoms with Crippen LogP contribution in [0.15, 0.2) is 18.2 Å². The second-order valence-electron chi connectivity index (χ2n) is 4.42. The quantitative estimate of drug-likeness (QED) is 0.916. The minimum atomic E-state index is -0.454. The first kappa shape index (κ1) is 13.1. The van der Waals surface area contributed by atoms with Gasteiger partial charge in [-0.25, -0.2) is 4.39 Å². The molecule has 1 aliphatic heterocycles. The first-order valence-corrected chi connectivity index (χ1v) is 6.51. The van der Waals surface area contributed by atoms with Crippen molar-refractivity contribution in [1.29, 1.82) is 0 Å². The van der Waals surface area contributed by atoms with E-state index >= 15 is 0 Å². The van der Waals surface area contributed by atoms with E-state index < -0.39 is 5.82 Å². The van der Waals surface area contributed by atoms with Crippen LogP contribution in [-0.4, -0.2) is 30.4 Å². The lowest BCUT2D eigenvalue weighted by Gasteiger charge is -2.26. The number of carbonyl (C=O) groups excluding carboxylic acids is 1. The Morgan fingerprint density at radius 1 is 1.33 bits per heavy atom. The number of anilines is 1. The fraction of sp³-hybridized carbons (Fsp3) is 0.462. The standard InChI is InChI=1S/C13H16ClFN2O/c14-11-8-10(4-5-12(11)15)16-9-13(18)17-6-2-1-3-7-17/h4-5,8,16H,1-3,6-7,9H2. The largest absolute Gasteiger partial charge is 0.376 e. The Hall–Kier alpha value is -1.29. The lowest BCUT2D eigenvalue weighted by atomic mass is 10.1. The highest BCUT2D eigenvalue weighted by molar-refractivity contribution is 6.31. The topological polar surface area (TPSA) is 32.3 Å². The summed E-state index contributed by atoms with van der Waals surface area (Å²) in [6.45, 7) is 1.90. The van der Waals surface area contributed by atoms with Gasteiger partial charge in [0.25, 0.3) is 0 Å². The minimum absolute atomic E-state index is 0.0606. The maximum absolute atomic E-state index is 13.0. The van der Waals surface area contributed by atoms with Gasteiger partial charge in [0.15, 0.2) is 0 Å². The molecule has 0 saturated carbocycles. The maximum atomic E-state index is 13.0. The predicted molar refractivity (Wildman–Crippen MR) is 70.3 cm³/mol. The van der Waals surface area contributed by atoms with Gasteiger partial charge in [0.05, 0.1) is 11.6 Å². The smallest absolute Gasteiger partial charge is 0.241 e. The molecule has 0 bridgehead atoms. The number of hydrogen-bond donors (Lipinski definition) is 1. The summed E-state index contributed by atoms with van der Waals surface area (Å²) in [6, 6.07) is 4.35. The summed E-state index contributed by atoms with van der Waals surface area (Å²) in [6.07, 6.45) is 3.35. The second kappa shape index (κ2) is 6.05. The van der Waals surface area contributed by atoms with Crippen LogP contribution in [0.2, 0.25) is 5.02 Å². The van der Waals surface area contributed by atoms with Crippen molar-refractivity contribution in [2.45, 2.75) is 19.3 Å². The van der Waals surface area contributed by atoms with Crippen LogP contribution in [0.25, 0.3) is 0 Å². The molecule has 1 aliphatic rings. The number of rotatable bonds is 3. The summed E-state index contributed by atoms with van der Waals surface area (Å²) in [5.74, 6) is -0.375. The molecule has 0 aliphatic carbocycles. The zero-order chi connectivity index (χ0) is 13.0. The molecule has 0 spiro atoms. The van der Waals surface area contributed by atoms with Crippen LogP contribution < -0.4 is 5.32 Å². The van der Waals surface area contributed by atoms with Gasteiger partial charge < -0.3 is 10.2 Å². The Labute approximate surface area is 111 Å². The molecule has 0 radical (unpaired) electrons. The van der Waals surface area contributed by atoms with Gasteiger partial charge in [-0.05, 0) is 37.5 Å². The third-order valence-corrected chi connectivity index (χ3v) is 3.36. The highest BCUT2D eigenvalue weighted by Gasteiger charge is 2.15. The van der Waals surface area contributed by atoms with Crippen molar-refractivity contribution in [3.8, 4) is 0 Å². The summed E-state index contributed by atoms with van der Waals surface area (Å²) in [5, 5.41) is 3.03. The molecule has 1 fully saturated rings. The number of carbonyl (C=O) groups is 1. The van der Waals surface area contributed by atoms with E-state index in [1.165, 1.54) is 18.6 Å². The fourth-order valence-electron chi connectivity index (χ4n) is 2.04. The van der Waals surface area contributed by atoms with E-state index in [9.17, 15) is 9.18 Å². The zero-order valence-electron chi connectivity index (χ0n) is 10.1. The molecule has 18 heavy (non-hydrogen) atoms. The molecule has 1 aromatic carbocycles. The highest BCUT2D eigenvalue weighted by atomic mass is 35.5. The third kappa shape index (κ3) is 3.35. The summed E-state index contributed by atoms with van der Waals surface area (Å²) in [5.41, 5.74) is 0.659. The van der Waals surface area contributed by atoms with Gasteiger partial charge in [-0.3, -0.25) is 4.79 Å². The molecule has 2 rings (SSSR count). The molecule has 1 N–H and O–H groups in total. The van der Waals surface area contributed by atoms with E-state index in [1.807, 2.05) is 4.90 Å². The Bertz CT molecular complexity index is 433. The van der Waals surface area contributed by atoms with Gasteiger partial charge in [0, 0.05) is 18.8 Å². The van der Waals surface area contributed by atoms with E-state index in [-0.39, 0.29) is 17.5 Å². The second-order valence-corrected chi connectivity index (χ2v) is 4.83. The van der Waals surface area contributed by atoms with Crippen molar-refractivity contribution in [2.75, 3.05) is 25.0 Å². The normalized spacial score (nSPS) is 15.6. The first-order valence-electron chi connectivity index (χ1n) is 6.13. The molecule has 1 heterocycles. The summed E-state index contributed by atoms with van der Waals surface area (Å²) in [7, 11) is 0. The number of benzene rings is 1. The number of nitrogens with zero attached hydrogens (tertiary/aromatic N) is 1. The lowest BCUT2D eigenvalue weighted by Crippen LogP contribution is -2.39. The number of piperidine rings is 1. The Morgan fingerprint density at radius 2 is 2.06 bits per heavy atom. The molecule has 1 saturated heterocycles. The van der Waals surface area contributed by atoms with Crippen molar-refractivity contribution in [3.63, 3.8) is 0 Å². The molecular weight excluding hydrogens is 255 g/mol. The Morgan fingerprint density at radius 3 is 2.72 bits per heavy atom. The van der Waals surface area contributed by atoms with Gasteiger partial charge in [-0.15, -0.1) is 0 Å². The van der Waals surface area contributed by atoms with Crippen LogP contribution in [-0.2, 0) is 4.79 Å². The Kier molecular flexibility index (Phi) is 4.42. The molecule has 1 amide bonds. The van der Waals surface area contributed by atoms with Crippen molar-refractivity contribution >= 4 is 23.2 Å². The molecule has 98 valence electrons. The van der Waals surface area contributed by atoms with E-state index in [2.05, 4.69) is 5.32 Å². The summed E-state index contributed by atoms with van der Waals surface area (Å²) < 4.78 is 13.0. The SMILES string of the molecule is O=C(CNc1ccc(F)c(Cl)c1)N1CCCCC1. The number of amides is 1. The average Bonchev–Trinajstić information content (AvgIpc) is 2.41. The minimum Gasteiger partial charge on any atom is -0.376 e. The van der Waals surface area contributed by atoms with Gasteiger partial charge >= 0.3 is 0 Å². The van der Waals surface area contributed by atoms with Crippen LogP contribution >= 0.6 is 11.6 Å². The maximum Gasteiger partial charge on any atom is 0.241 e. The number of nitrogens with one attached hydrogen (secondary N) is 1. The van der Waals surface area contributed by atoms with Crippen molar-refractivity contribution < 1.29 is 9.18 Å². The van der Waals surface area contributed by atoms with E-state index in [4.69, 9.17) is 11.6 Å². The van der Waals surface area contributed by atoms with Gasteiger partial charge in [0.1, 0.15) is 5.82 Å². The third-order valence-electron chi connectivity index (χ3n) is 3.07. The van der Waals surface area contributed by atoms with E-state index in [1.54, 1.807) is 6.07 Å². The molecule has 1 aromatic rings. The molecule has 0 unspecified atom stereocenters. The summed E-state index contributed by atoms with van der Waals surface area (Å²) in [4.78, 5) is 13.7.